The minimum Gasteiger partial charge on any atom is -0.434 e. The number of rotatable bonds is 5. The van der Waals surface area contributed by atoms with Crippen LogP contribution in [0.3, 0.4) is 0 Å². The second-order valence-corrected chi connectivity index (χ2v) is 9.10. The molecule has 0 saturated carbocycles. The lowest BCUT2D eigenvalue weighted by Gasteiger charge is -2.20. The molecule has 0 aliphatic carbocycles. The first kappa shape index (κ1) is 22.6. The summed E-state index contributed by atoms with van der Waals surface area (Å²) in [5.41, 5.74) is 2.06. The highest BCUT2D eigenvalue weighted by molar-refractivity contribution is 6.31. The number of ether oxygens (including phenoxy) is 1. The van der Waals surface area contributed by atoms with E-state index in [1.807, 2.05) is 22.8 Å². The highest BCUT2D eigenvalue weighted by atomic mass is 35.5. The van der Waals surface area contributed by atoms with Crippen LogP contribution in [0.2, 0.25) is 5.02 Å². The highest BCUT2D eigenvalue weighted by Crippen LogP contribution is 2.46. The van der Waals surface area contributed by atoms with Gasteiger partial charge >= 0.3 is 6.61 Å². The first-order valence-electron chi connectivity index (χ1n) is 10.6. The van der Waals surface area contributed by atoms with Gasteiger partial charge in [0.05, 0.1) is 17.1 Å². The number of nitrogens with zero attached hydrogens (tertiary/aromatic N) is 4. The Morgan fingerprint density at radius 1 is 1.15 bits per heavy atom. The van der Waals surface area contributed by atoms with Crippen molar-refractivity contribution in [1.82, 2.24) is 19.5 Å². The fourth-order valence-corrected chi connectivity index (χ4v) is 4.65. The first-order valence-corrected chi connectivity index (χ1v) is 11.0. The molecule has 4 aromatic rings. The maximum atomic E-state index is 13.1. The molecule has 1 aliphatic rings. The first-order chi connectivity index (χ1) is 16.1. The van der Waals surface area contributed by atoms with E-state index in [1.54, 1.807) is 32.3 Å². The van der Waals surface area contributed by atoms with E-state index in [-0.39, 0.29) is 17.2 Å². The average molecular weight is 487 g/mol. The number of aromatic nitrogens is 4. The van der Waals surface area contributed by atoms with E-state index < -0.39 is 24.4 Å². The van der Waals surface area contributed by atoms with Crippen molar-refractivity contribution in [2.75, 3.05) is 0 Å². The lowest BCUT2D eigenvalue weighted by molar-refractivity contribution is -0.0507. The lowest BCUT2D eigenvalue weighted by atomic mass is 10.0. The van der Waals surface area contributed by atoms with Crippen molar-refractivity contribution in [3.05, 3.63) is 71.0 Å². The average Bonchev–Trinajstić information content (AvgIpc) is 3.30. The van der Waals surface area contributed by atoms with Crippen molar-refractivity contribution in [2.45, 2.75) is 44.6 Å². The van der Waals surface area contributed by atoms with Crippen molar-refractivity contribution < 1.29 is 23.7 Å². The van der Waals surface area contributed by atoms with Crippen LogP contribution in [0.1, 0.15) is 49.6 Å². The van der Waals surface area contributed by atoms with Gasteiger partial charge in [-0.2, -0.15) is 8.78 Å². The molecular formula is C24H21ClF2N4O3. The summed E-state index contributed by atoms with van der Waals surface area (Å²) < 4.78 is 32.7. The van der Waals surface area contributed by atoms with E-state index in [1.165, 1.54) is 12.1 Å². The number of hydrogen-bond donors (Lipinski definition) is 2. The van der Waals surface area contributed by atoms with Gasteiger partial charge < -0.3 is 19.5 Å². The predicted octanol–water partition coefficient (Wildman–Crippen LogP) is 5.00. The molecule has 2 aromatic carbocycles. The summed E-state index contributed by atoms with van der Waals surface area (Å²) >= 11 is 6.43. The minimum absolute atomic E-state index is 0.0406. The van der Waals surface area contributed by atoms with Crippen molar-refractivity contribution in [2.24, 2.45) is 0 Å². The summed E-state index contributed by atoms with van der Waals surface area (Å²) in [4.78, 5) is 13.1. The summed E-state index contributed by atoms with van der Waals surface area (Å²) in [6, 6.07) is 9.57. The smallest absolute Gasteiger partial charge is 0.387 e. The van der Waals surface area contributed by atoms with Crippen molar-refractivity contribution >= 4 is 22.6 Å². The Morgan fingerprint density at radius 3 is 2.56 bits per heavy atom. The normalized spacial score (nSPS) is 18.0. The molecule has 0 amide bonds. The van der Waals surface area contributed by atoms with Crippen LogP contribution in [-0.2, 0) is 5.60 Å². The fraction of sp³-hybridized carbons (Fsp3) is 0.292. The molecule has 2 N–H and O–H groups in total. The van der Waals surface area contributed by atoms with Crippen LogP contribution in [0.15, 0.2) is 48.8 Å². The van der Waals surface area contributed by atoms with Crippen LogP contribution in [0.4, 0.5) is 8.78 Å². The van der Waals surface area contributed by atoms with E-state index in [4.69, 9.17) is 16.3 Å². The van der Waals surface area contributed by atoms with Crippen LogP contribution in [0, 0.1) is 0 Å². The summed E-state index contributed by atoms with van der Waals surface area (Å²) in [7, 11) is 0. The molecule has 2 atom stereocenters. The van der Waals surface area contributed by atoms with Crippen molar-refractivity contribution in [3.8, 4) is 16.9 Å². The summed E-state index contributed by atoms with van der Waals surface area (Å²) in [5.74, 6) is 0.686. The topological polar surface area (TPSA) is 93.3 Å². The number of benzene rings is 2. The van der Waals surface area contributed by atoms with Gasteiger partial charge in [-0.25, -0.2) is 15.0 Å². The molecule has 34 heavy (non-hydrogen) atoms. The van der Waals surface area contributed by atoms with Gasteiger partial charge in [0, 0.05) is 35.0 Å². The summed E-state index contributed by atoms with van der Waals surface area (Å²) in [6.07, 6.45) is 2.57. The Morgan fingerprint density at radius 2 is 1.88 bits per heavy atom. The van der Waals surface area contributed by atoms with E-state index in [0.717, 1.165) is 11.1 Å². The molecule has 1 aliphatic heterocycles. The third-order valence-corrected chi connectivity index (χ3v) is 6.20. The molecule has 3 heterocycles. The van der Waals surface area contributed by atoms with E-state index in [9.17, 15) is 19.0 Å². The number of halogens is 3. The second kappa shape index (κ2) is 8.26. The number of hydrogen-bond acceptors (Lipinski definition) is 6. The van der Waals surface area contributed by atoms with Gasteiger partial charge in [-0.15, -0.1) is 0 Å². The van der Waals surface area contributed by atoms with Crippen LogP contribution in [-0.4, -0.2) is 36.3 Å². The summed E-state index contributed by atoms with van der Waals surface area (Å²) in [5, 5.41) is 21.1. The molecule has 0 fully saturated rings. The lowest BCUT2D eigenvalue weighted by Crippen LogP contribution is -2.19. The maximum Gasteiger partial charge on any atom is 0.387 e. The molecule has 0 bridgehead atoms. The maximum absolute atomic E-state index is 13.1. The third-order valence-electron chi connectivity index (χ3n) is 5.87. The van der Waals surface area contributed by atoms with Gasteiger partial charge in [0.2, 0.25) is 0 Å². The van der Waals surface area contributed by atoms with Gasteiger partial charge in [-0.1, -0.05) is 23.7 Å². The molecule has 7 nitrogen and oxygen atoms in total. The molecule has 2 aromatic heterocycles. The second-order valence-electron chi connectivity index (χ2n) is 8.70. The minimum atomic E-state index is -3.01. The molecule has 0 spiro atoms. The predicted molar refractivity (Wildman–Crippen MR) is 122 cm³/mol. The van der Waals surface area contributed by atoms with E-state index >= 15 is 0 Å². The van der Waals surface area contributed by atoms with E-state index in [2.05, 4.69) is 15.0 Å². The quantitative estimate of drug-likeness (QED) is 0.412. The Labute approximate surface area is 198 Å². The Hall–Kier alpha value is -3.14. The van der Waals surface area contributed by atoms with Crippen LogP contribution in [0.25, 0.3) is 22.2 Å². The van der Waals surface area contributed by atoms with Crippen molar-refractivity contribution in [1.29, 1.82) is 0 Å². The molecule has 0 unspecified atom stereocenters. The zero-order chi connectivity index (χ0) is 24.2. The van der Waals surface area contributed by atoms with Gasteiger partial charge in [0.15, 0.2) is 5.82 Å². The van der Waals surface area contributed by atoms with Gasteiger partial charge in [-0.3, -0.25) is 0 Å². The molecule has 176 valence electrons. The monoisotopic (exact) mass is 486 g/mol. The van der Waals surface area contributed by atoms with Crippen molar-refractivity contribution in [3.63, 3.8) is 0 Å². The molecule has 10 heteroatoms. The number of fused-ring (bicyclic) bond motifs is 3. The zero-order valence-electron chi connectivity index (χ0n) is 18.3. The standard InChI is InChI=1S/C24H21ClF2N4O3/c1-24(2,33)22-28-10-13(11-29-22)12-6-7-15-16(8-12)31-17(9-18(32)21(31)30-15)20-14(25)4-3-5-19(20)34-23(26)27/h3-8,10-11,17-18,23,32-33H,9H2,1-2H3/t17-,18-/m1/s1. The number of aliphatic hydroxyl groups is 2. The Bertz CT molecular complexity index is 1370. The third kappa shape index (κ3) is 3.89. The Balaban J connectivity index is 1.63. The van der Waals surface area contributed by atoms with Gasteiger partial charge in [-0.05, 0) is 43.7 Å². The van der Waals surface area contributed by atoms with E-state index in [0.29, 0.717) is 28.2 Å². The SMILES string of the molecule is CC(C)(O)c1ncc(-c2ccc3nc4n(c3c2)[C@@H](c2c(Cl)cccc2OC(F)F)C[C@H]4O)cn1. The van der Waals surface area contributed by atoms with Gasteiger partial charge in [0.25, 0.3) is 0 Å². The van der Waals surface area contributed by atoms with Gasteiger partial charge in [0.1, 0.15) is 23.3 Å². The number of alkyl halides is 2. The largest absolute Gasteiger partial charge is 0.434 e. The van der Waals surface area contributed by atoms with Crippen LogP contribution in [0.5, 0.6) is 5.75 Å². The Kier molecular flexibility index (Phi) is 5.50. The van der Waals surface area contributed by atoms with Crippen LogP contribution < -0.4 is 4.74 Å². The zero-order valence-corrected chi connectivity index (χ0v) is 19.0. The molecule has 5 rings (SSSR count). The number of imidazole rings is 1. The molecular weight excluding hydrogens is 466 g/mol. The van der Waals surface area contributed by atoms with Crippen LogP contribution >= 0.6 is 11.6 Å². The summed E-state index contributed by atoms with van der Waals surface area (Å²) in [6.45, 7) is 0.201. The fourth-order valence-electron chi connectivity index (χ4n) is 4.36. The molecule has 0 saturated heterocycles. The molecule has 0 radical (unpaired) electrons. The highest BCUT2D eigenvalue weighted by Gasteiger charge is 2.37. The number of aliphatic hydroxyl groups excluding tert-OH is 1.